The van der Waals surface area contributed by atoms with E-state index in [-0.39, 0.29) is 21.7 Å². The van der Waals surface area contributed by atoms with E-state index in [9.17, 15) is 0 Å². The molecule has 5 aromatic rings. The molecule has 52 heavy (non-hydrogen) atoms. The lowest BCUT2D eigenvalue weighted by Gasteiger charge is -2.29. The Hall–Kier alpha value is -4.77. The number of aromatic nitrogens is 2. The van der Waals surface area contributed by atoms with Crippen LogP contribution in [-0.4, -0.2) is 16.4 Å². The Morgan fingerprint density at radius 2 is 1.06 bits per heavy atom. The molecule has 0 aliphatic carbocycles. The first-order valence-corrected chi connectivity index (χ1v) is 18.7. The molecular weight excluding hydrogens is 637 g/mol. The number of aryl methyl sites for hydroxylation is 1. The molecule has 0 N–H and O–H groups in total. The van der Waals surface area contributed by atoms with Crippen LogP contribution in [0.4, 0.5) is 11.4 Å². The minimum atomic E-state index is -0.195. The van der Waals surface area contributed by atoms with Crippen molar-refractivity contribution in [3.05, 3.63) is 143 Å². The summed E-state index contributed by atoms with van der Waals surface area (Å²) in [5.41, 5.74) is 11.7. The van der Waals surface area contributed by atoms with Gasteiger partial charge in [-0.3, -0.25) is 0 Å². The molecule has 0 atom stereocenters. The topological polar surface area (TPSA) is 33.5 Å². The molecule has 0 saturated heterocycles. The van der Waals surface area contributed by atoms with E-state index in [1.807, 2.05) is 6.07 Å². The van der Waals surface area contributed by atoms with Crippen LogP contribution in [0, 0.1) is 13.8 Å². The van der Waals surface area contributed by atoms with Gasteiger partial charge in [-0.2, -0.15) is 5.10 Å². The van der Waals surface area contributed by atoms with E-state index in [1.54, 1.807) is 0 Å². The quantitative estimate of drug-likeness (QED) is 0.170. The summed E-state index contributed by atoms with van der Waals surface area (Å²) in [5, 5.41) is 5.12. The van der Waals surface area contributed by atoms with Crippen molar-refractivity contribution >= 4 is 11.4 Å². The second kappa shape index (κ2) is 13.3. The maximum atomic E-state index is 6.70. The van der Waals surface area contributed by atoms with E-state index in [1.165, 1.54) is 33.5 Å². The van der Waals surface area contributed by atoms with Gasteiger partial charge in [0.2, 0.25) is 0 Å². The highest BCUT2D eigenvalue weighted by atomic mass is 16.5. The van der Waals surface area contributed by atoms with Crippen molar-refractivity contribution in [2.24, 2.45) is 0 Å². The van der Waals surface area contributed by atoms with Crippen molar-refractivity contribution in [3.8, 4) is 17.2 Å². The van der Waals surface area contributed by atoms with E-state index in [2.05, 4.69) is 202 Å². The molecule has 0 fully saturated rings. The van der Waals surface area contributed by atoms with E-state index in [0.717, 1.165) is 40.9 Å². The Kier molecular flexibility index (Phi) is 9.49. The van der Waals surface area contributed by atoms with E-state index >= 15 is 0 Å². The minimum absolute atomic E-state index is 0.0605. The van der Waals surface area contributed by atoms with Crippen molar-refractivity contribution in [3.63, 3.8) is 0 Å². The van der Waals surface area contributed by atoms with E-state index < -0.39 is 0 Å². The molecule has 0 radical (unpaired) electrons. The minimum Gasteiger partial charge on any atom is -0.457 e. The smallest absolute Gasteiger partial charge is 0.129 e. The first-order valence-electron chi connectivity index (χ1n) is 18.7. The van der Waals surface area contributed by atoms with Gasteiger partial charge in [0, 0.05) is 52.6 Å². The molecule has 2 heterocycles. The van der Waals surface area contributed by atoms with Gasteiger partial charge in [-0.25, -0.2) is 4.68 Å². The summed E-state index contributed by atoms with van der Waals surface area (Å²) in [6.07, 6.45) is 4.35. The maximum absolute atomic E-state index is 6.70. The van der Waals surface area contributed by atoms with Crippen LogP contribution in [0.2, 0.25) is 0 Å². The lowest BCUT2D eigenvalue weighted by molar-refractivity contribution is 0.478. The number of anilines is 2. The van der Waals surface area contributed by atoms with Crippen molar-refractivity contribution in [1.82, 2.24) is 9.78 Å². The van der Waals surface area contributed by atoms with Crippen molar-refractivity contribution in [2.75, 3.05) is 16.5 Å². The van der Waals surface area contributed by atoms with Gasteiger partial charge in [0.05, 0.1) is 18.1 Å². The molecule has 0 amide bonds. The standard InChI is InChI=1S/C47H58N4O/c1-32-43(47(12,13)34-18-15-14-16-19-34)33(2)51(48-32)40-27-37(46(9,10)11)28-42(30-40)52-41-21-17-20-38(29-41)49-22-23-50(31-49)39-25-35(44(3,4)5)24-36(26-39)45(6,7)8/h14-30H,31H2,1-13H3. The SMILES string of the molecule is Cc1nn(-c2cc(Oc3cccc(N4C=CN(c5cc(C(C)(C)C)cc(C(C)(C)C)c5)C4)c3)cc(C(C)(C)C)c2)c(C)c1C(C)(C)c1ccccc1. The lowest BCUT2D eigenvalue weighted by Crippen LogP contribution is -2.26. The fourth-order valence-corrected chi connectivity index (χ4v) is 7.25. The molecule has 272 valence electrons. The number of benzene rings is 4. The van der Waals surface area contributed by atoms with Crippen LogP contribution in [0.1, 0.15) is 115 Å². The van der Waals surface area contributed by atoms with Crippen LogP contribution >= 0.6 is 0 Å². The number of hydrogen-bond acceptors (Lipinski definition) is 4. The normalized spacial score (nSPS) is 14.0. The summed E-state index contributed by atoms with van der Waals surface area (Å²) in [4.78, 5) is 4.61. The lowest BCUT2D eigenvalue weighted by atomic mass is 9.77. The largest absolute Gasteiger partial charge is 0.457 e. The zero-order valence-corrected chi connectivity index (χ0v) is 33.7. The maximum Gasteiger partial charge on any atom is 0.129 e. The third kappa shape index (κ3) is 7.55. The zero-order valence-electron chi connectivity index (χ0n) is 33.7. The molecule has 6 rings (SSSR count). The molecule has 0 saturated carbocycles. The number of nitrogens with zero attached hydrogens (tertiary/aromatic N) is 4. The second-order valence-electron chi connectivity index (χ2n) is 18.2. The van der Waals surface area contributed by atoms with Crippen LogP contribution in [0.3, 0.4) is 0 Å². The van der Waals surface area contributed by atoms with Gasteiger partial charge in [0.25, 0.3) is 0 Å². The van der Waals surface area contributed by atoms with Crippen LogP contribution in [0.5, 0.6) is 11.5 Å². The summed E-state index contributed by atoms with van der Waals surface area (Å²) in [6, 6.07) is 32.7. The predicted molar refractivity (Wildman–Crippen MR) is 220 cm³/mol. The first kappa shape index (κ1) is 37.0. The highest BCUT2D eigenvalue weighted by Crippen LogP contribution is 2.39. The van der Waals surface area contributed by atoms with Gasteiger partial charge in [-0.15, -0.1) is 0 Å². The fourth-order valence-electron chi connectivity index (χ4n) is 7.25. The Morgan fingerprint density at radius 1 is 0.519 bits per heavy atom. The molecule has 0 bridgehead atoms. The summed E-state index contributed by atoms with van der Waals surface area (Å²) in [7, 11) is 0. The van der Waals surface area contributed by atoms with Gasteiger partial charge >= 0.3 is 0 Å². The van der Waals surface area contributed by atoms with Crippen molar-refractivity contribution in [1.29, 1.82) is 0 Å². The molecule has 1 aliphatic heterocycles. The Morgan fingerprint density at radius 3 is 1.65 bits per heavy atom. The van der Waals surface area contributed by atoms with Crippen LogP contribution < -0.4 is 14.5 Å². The first-order chi connectivity index (χ1) is 24.2. The Labute approximate surface area is 313 Å². The summed E-state index contributed by atoms with van der Waals surface area (Å²) < 4.78 is 8.80. The molecule has 0 spiro atoms. The average Bonchev–Trinajstić information content (AvgIpc) is 3.68. The number of hydrogen-bond donors (Lipinski definition) is 0. The molecule has 0 unspecified atom stereocenters. The number of rotatable bonds is 7. The van der Waals surface area contributed by atoms with Crippen molar-refractivity contribution in [2.45, 2.75) is 112 Å². The second-order valence-corrected chi connectivity index (χ2v) is 18.2. The average molecular weight is 695 g/mol. The third-order valence-corrected chi connectivity index (χ3v) is 10.5. The summed E-state index contributed by atoms with van der Waals surface area (Å²) in [5.74, 6) is 1.59. The van der Waals surface area contributed by atoms with Crippen molar-refractivity contribution < 1.29 is 4.74 Å². The monoisotopic (exact) mass is 694 g/mol. The van der Waals surface area contributed by atoms with Crippen LogP contribution in [0.15, 0.2) is 103 Å². The predicted octanol–water partition coefficient (Wildman–Crippen LogP) is 12.3. The molecule has 5 nitrogen and oxygen atoms in total. The van der Waals surface area contributed by atoms with E-state index in [0.29, 0.717) is 0 Å². The van der Waals surface area contributed by atoms with Gasteiger partial charge in [0.1, 0.15) is 11.5 Å². The third-order valence-electron chi connectivity index (χ3n) is 10.5. The van der Waals surface area contributed by atoms with Gasteiger partial charge < -0.3 is 14.5 Å². The van der Waals surface area contributed by atoms with E-state index in [4.69, 9.17) is 9.84 Å². The van der Waals surface area contributed by atoms with Gasteiger partial charge in [0.15, 0.2) is 0 Å². The molecule has 1 aliphatic rings. The number of ether oxygens (including phenoxy) is 1. The Balaban J connectivity index is 1.29. The Bertz CT molecular complexity index is 2070. The van der Waals surface area contributed by atoms with Gasteiger partial charge in [-0.05, 0) is 88.7 Å². The fraction of sp³-hybridized carbons (Fsp3) is 0.383. The highest BCUT2D eigenvalue weighted by Gasteiger charge is 2.31. The summed E-state index contributed by atoms with van der Waals surface area (Å²) in [6.45, 7) is 30.1. The highest BCUT2D eigenvalue weighted by molar-refractivity contribution is 5.63. The molecule has 5 heteroatoms. The molecule has 1 aromatic heterocycles. The van der Waals surface area contributed by atoms with Crippen LogP contribution in [-0.2, 0) is 21.7 Å². The molecule has 4 aromatic carbocycles. The summed E-state index contributed by atoms with van der Waals surface area (Å²) >= 11 is 0. The van der Waals surface area contributed by atoms with Crippen LogP contribution in [0.25, 0.3) is 5.69 Å². The zero-order chi connectivity index (χ0) is 37.8. The van der Waals surface area contributed by atoms with Gasteiger partial charge in [-0.1, -0.05) is 119 Å². The molecular formula is C47H58N4O.